The number of allylic oxidation sites excluding steroid dienone is 9. The third-order valence-electron chi connectivity index (χ3n) is 4.45. The molecule has 1 aliphatic carbocycles. The molecule has 0 amide bonds. The lowest BCUT2D eigenvalue weighted by Crippen LogP contribution is -2.19. The van der Waals surface area contributed by atoms with Gasteiger partial charge in [0.1, 0.15) is 0 Å². The van der Waals surface area contributed by atoms with E-state index in [1.54, 1.807) is 6.08 Å². The summed E-state index contributed by atoms with van der Waals surface area (Å²) in [5, 5.41) is 24.8. The van der Waals surface area contributed by atoms with Crippen molar-refractivity contribution in [1.82, 2.24) is 0 Å². The minimum Gasteiger partial charge on any atom is -0.394 e. The molecule has 1 atom stereocenters. The summed E-state index contributed by atoms with van der Waals surface area (Å²) in [5.74, 6) is 0. The van der Waals surface area contributed by atoms with Gasteiger partial charge in [-0.1, -0.05) is 67.0 Å². The van der Waals surface area contributed by atoms with Crippen molar-refractivity contribution >= 4 is 0 Å². The number of rotatable bonds is 6. The molecule has 0 fully saturated rings. The van der Waals surface area contributed by atoms with Gasteiger partial charge in [-0.15, -0.1) is 0 Å². The maximum absolute atomic E-state index is 8.81. The first-order valence-corrected chi connectivity index (χ1v) is 9.43. The van der Waals surface area contributed by atoms with E-state index in [1.807, 2.05) is 19.1 Å². The fourth-order valence-electron chi connectivity index (χ4n) is 2.84. The lowest BCUT2D eigenvalue weighted by Gasteiger charge is -2.32. The highest BCUT2D eigenvalue weighted by molar-refractivity contribution is 5.37. The summed E-state index contributed by atoms with van der Waals surface area (Å²) in [5.41, 5.74) is 5.66. The molecule has 148 valence electrons. The predicted molar refractivity (Wildman–Crippen MR) is 112 cm³/mol. The van der Waals surface area contributed by atoms with E-state index < -0.39 is 6.10 Å². The Morgan fingerprint density at radius 3 is 2.27 bits per heavy atom. The molecule has 0 aromatic heterocycles. The topological polar surface area (TPSA) is 60.7 Å². The zero-order valence-corrected chi connectivity index (χ0v) is 17.4. The molecule has 0 saturated heterocycles. The molecule has 0 saturated carbocycles. The van der Waals surface area contributed by atoms with E-state index in [2.05, 4.69) is 45.9 Å². The van der Waals surface area contributed by atoms with Crippen LogP contribution in [0.2, 0.25) is 0 Å². The van der Waals surface area contributed by atoms with Gasteiger partial charge >= 0.3 is 0 Å². The highest BCUT2D eigenvalue weighted by atomic mass is 16.3. The Morgan fingerprint density at radius 2 is 1.77 bits per heavy atom. The summed E-state index contributed by atoms with van der Waals surface area (Å²) < 4.78 is 0. The summed E-state index contributed by atoms with van der Waals surface area (Å²) in [7, 11) is 0. The first kappa shape index (κ1) is 24.6. The predicted octanol–water partition coefficient (Wildman–Crippen LogP) is 4.87. The Hall–Kier alpha value is -1.42. The van der Waals surface area contributed by atoms with Crippen molar-refractivity contribution < 1.29 is 15.3 Å². The van der Waals surface area contributed by atoms with Gasteiger partial charge < -0.3 is 15.3 Å². The van der Waals surface area contributed by atoms with Crippen molar-refractivity contribution in [3.63, 3.8) is 0 Å². The van der Waals surface area contributed by atoms with E-state index in [-0.39, 0.29) is 13.2 Å². The second-order valence-electron chi connectivity index (χ2n) is 7.70. The fraction of sp³-hybridized carbons (Fsp3) is 0.565. The van der Waals surface area contributed by atoms with Gasteiger partial charge in [-0.25, -0.2) is 0 Å². The maximum atomic E-state index is 8.81. The Labute approximate surface area is 160 Å². The van der Waals surface area contributed by atoms with E-state index in [4.69, 9.17) is 15.3 Å². The van der Waals surface area contributed by atoms with Crippen LogP contribution in [0.15, 0.2) is 58.7 Å². The second-order valence-corrected chi connectivity index (χ2v) is 7.70. The first-order chi connectivity index (χ1) is 12.1. The Bertz CT molecular complexity index is 558. The molecule has 3 heteroatoms. The summed E-state index contributed by atoms with van der Waals surface area (Å²) in [4.78, 5) is 0. The average Bonchev–Trinajstić information content (AvgIpc) is 2.54. The van der Waals surface area contributed by atoms with Crippen LogP contribution >= 0.6 is 0 Å². The van der Waals surface area contributed by atoms with Gasteiger partial charge in [-0.05, 0) is 57.9 Å². The highest BCUT2D eigenvalue weighted by Gasteiger charge is 2.26. The summed E-state index contributed by atoms with van der Waals surface area (Å²) in [6.45, 7) is 12.6. The molecule has 1 aliphatic rings. The van der Waals surface area contributed by atoms with E-state index in [9.17, 15) is 0 Å². The van der Waals surface area contributed by atoms with Crippen LogP contribution in [-0.4, -0.2) is 34.6 Å². The lowest BCUT2D eigenvalue weighted by molar-refractivity contribution is 0.110. The second kappa shape index (κ2) is 12.9. The van der Waals surface area contributed by atoms with Gasteiger partial charge in [-0.3, -0.25) is 0 Å². The summed E-state index contributed by atoms with van der Waals surface area (Å²) >= 11 is 0. The molecular formula is C23H38O3. The van der Waals surface area contributed by atoms with Crippen LogP contribution < -0.4 is 0 Å². The van der Waals surface area contributed by atoms with E-state index in [0.717, 1.165) is 5.57 Å². The van der Waals surface area contributed by atoms with E-state index >= 15 is 0 Å². The zero-order chi connectivity index (χ0) is 20.2. The molecule has 0 radical (unpaired) electrons. The molecule has 0 aliphatic heterocycles. The van der Waals surface area contributed by atoms with Gasteiger partial charge in [0.15, 0.2) is 0 Å². The zero-order valence-electron chi connectivity index (χ0n) is 17.4. The maximum Gasteiger partial charge on any atom is 0.0742 e. The van der Waals surface area contributed by atoms with Crippen LogP contribution in [0, 0.1) is 5.41 Å². The molecule has 1 rings (SSSR count). The van der Waals surface area contributed by atoms with Gasteiger partial charge in [-0.2, -0.15) is 0 Å². The van der Waals surface area contributed by atoms with Crippen molar-refractivity contribution in [2.75, 3.05) is 13.2 Å². The van der Waals surface area contributed by atoms with Crippen LogP contribution in [0.5, 0.6) is 0 Å². The number of aliphatic hydroxyl groups is 3. The largest absolute Gasteiger partial charge is 0.394 e. The number of hydrogen-bond donors (Lipinski definition) is 3. The minimum absolute atomic E-state index is 0.0985. The van der Waals surface area contributed by atoms with Crippen molar-refractivity contribution in [3.05, 3.63) is 58.7 Å². The minimum atomic E-state index is -0.560. The summed E-state index contributed by atoms with van der Waals surface area (Å²) in [6.07, 6.45) is 15.7. The molecule has 0 spiro atoms. The SMILES string of the molecule is CC(O)CO.CC1=C(/C=C/C(C)=C/C=C/C(C)=C/CO)C(C)(C)CCC1. The molecule has 0 aromatic rings. The van der Waals surface area contributed by atoms with Crippen molar-refractivity contribution in [2.45, 2.75) is 66.9 Å². The standard InChI is InChI=1S/C20H30O.C3H8O2/c1-16(8-6-9-17(2)13-15-21)11-12-19-18(3)10-7-14-20(19,4)5;1-3(5)2-4/h6,8-9,11-13,21H,7,10,14-15H2,1-5H3;3-5H,2H2,1H3/b9-6+,12-11+,16-8+,17-13+;. The molecule has 3 nitrogen and oxygen atoms in total. The van der Waals surface area contributed by atoms with Gasteiger partial charge in [0.2, 0.25) is 0 Å². The third-order valence-corrected chi connectivity index (χ3v) is 4.45. The molecule has 3 N–H and O–H groups in total. The normalized spacial score (nSPS) is 19.7. The fourth-order valence-corrected chi connectivity index (χ4v) is 2.84. The Balaban J connectivity index is 0.00000110. The quantitative estimate of drug-likeness (QED) is 0.591. The molecular weight excluding hydrogens is 324 g/mol. The molecule has 0 bridgehead atoms. The Morgan fingerprint density at radius 1 is 1.15 bits per heavy atom. The van der Waals surface area contributed by atoms with Crippen LogP contribution in [0.4, 0.5) is 0 Å². The van der Waals surface area contributed by atoms with Crippen LogP contribution in [0.25, 0.3) is 0 Å². The van der Waals surface area contributed by atoms with Gasteiger partial charge in [0.25, 0.3) is 0 Å². The van der Waals surface area contributed by atoms with Crippen LogP contribution in [-0.2, 0) is 0 Å². The first-order valence-electron chi connectivity index (χ1n) is 9.43. The number of hydrogen-bond acceptors (Lipinski definition) is 3. The van der Waals surface area contributed by atoms with Crippen molar-refractivity contribution in [3.8, 4) is 0 Å². The molecule has 1 unspecified atom stereocenters. The highest BCUT2D eigenvalue weighted by Crippen LogP contribution is 2.40. The third kappa shape index (κ3) is 10.5. The lowest BCUT2D eigenvalue weighted by atomic mass is 9.72. The molecule has 0 heterocycles. The molecule has 26 heavy (non-hydrogen) atoms. The smallest absolute Gasteiger partial charge is 0.0742 e. The van der Waals surface area contributed by atoms with E-state index in [0.29, 0.717) is 5.41 Å². The van der Waals surface area contributed by atoms with Crippen molar-refractivity contribution in [1.29, 1.82) is 0 Å². The van der Waals surface area contributed by atoms with Crippen LogP contribution in [0.1, 0.15) is 60.8 Å². The summed E-state index contributed by atoms with van der Waals surface area (Å²) in [6, 6.07) is 0. The average molecular weight is 363 g/mol. The van der Waals surface area contributed by atoms with Crippen LogP contribution in [0.3, 0.4) is 0 Å². The Kier molecular flexibility index (Phi) is 12.2. The van der Waals surface area contributed by atoms with Gasteiger partial charge in [0.05, 0.1) is 19.3 Å². The van der Waals surface area contributed by atoms with Crippen molar-refractivity contribution in [2.24, 2.45) is 5.41 Å². The number of aliphatic hydroxyl groups excluding tert-OH is 3. The van der Waals surface area contributed by atoms with E-state index in [1.165, 1.54) is 42.9 Å². The monoisotopic (exact) mass is 362 g/mol. The van der Waals surface area contributed by atoms with Gasteiger partial charge in [0, 0.05) is 0 Å². The molecule has 0 aromatic carbocycles.